The van der Waals surface area contributed by atoms with E-state index in [1.54, 1.807) is 24.1 Å². The second-order valence-corrected chi connectivity index (χ2v) is 11.5. The molecule has 2 saturated heterocycles. The van der Waals surface area contributed by atoms with E-state index in [9.17, 15) is 32.7 Å². The third-order valence-electron chi connectivity index (χ3n) is 8.56. The van der Waals surface area contributed by atoms with Crippen LogP contribution in [0.3, 0.4) is 0 Å². The van der Waals surface area contributed by atoms with Crippen molar-refractivity contribution < 1.29 is 32.7 Å². The van der Waals surface area contributed by atoms with Gasteiger partial charge in [0.2, 0.25) is 11.8 Å². The van der Waals surface area contributed by atoms with E-state index in [1.165, 1.54) is 45.2 Å². The number of nitrogens with zero attached hydrogens (tertiary/aromatic N) is 4. The van der Waals surface area contributed by atoms with Gasteiger partial charge >= 0.3 is 12.2 Å². The first-order valence-corrected chi connectivity index (χ1v) is 14.7. The number of benzene rings is 3. The molecule has 0 saturated carbocycles. The van der Waals surface area contributed by atoms with Gasteiger partial charge in [-0.2, -0.15) is 13.2 Å². The number of likely N-dealkylation sites (N-methyl/N-ethyl adjacent to an activating group) is 1. The number of anilines is 1. The van der Waals surface area contributed by atoms with Crippen LogP contribution < -0.4 is 10.6 Å². The summed E-state index contributed by atoms with van der Waals surface area (Å²) in [5.41, 5.74) is 2.79. The Kier molecular flexibility index (Phi) is 8.04. The molecule has 0 bridgehead atoms. The van der Waals surface area contributed by atoms with Crippen LogP contribution in [0.4, 0.5) is 23.7 Å². The molecule has 3 aliphatic rings. The maximum atomic E-state index is 14.1. The molecule has 3 N–H and O–H groups in total. The molecule has 0 aromatic heterocycles. The number of nitrogens with one attached hydrogen (secondary N) is 2. The quantitative estimate of drug-likeness (QED) is 0.388. The molecule has 10 nitrogen and oxygen atoms in total. The van der Waals surface area contributed by atoms with Gasteiger partial charge in [-0.1, -0.05) is 48.5 Å². The van der Waals surface area contributed by atoms with Gasteiger partial charge in [0.1, 0.15) is 18.0 Å². The number of carbonyl (C=O) groups excluding carboxylic acids is 3. The van der Waals surface area contributed by atoms with E-state index in [0.717, 1.165) is 35.8 Å². The standard InChI is InChI=1S/C32H33F3N6O4/c1-38-19-28(43)40-26(15-20-9-11-24(42)12-10-20)30(44)39(17-23-7-4-6-21-13-14-36-29(21)23)18-27(40)41(38)31(45)37-16-22-5-2-3-8-25(22)32(33,34)35/h2-12,26-27,36,42H,13-19H2,1H3,(H,37,45)/t26-,27?/m0/s1. The number of hydrazine groups is 1. The molecule has 0 spiro atoms. The third kappa shape index (κ3) is 5.99. The van der Waals surface area contributed by atoms with Crippen LogP contribution in [-0.4, -0.2) is 81.7 Å². The monoisotopic (exact) mass is 622 g/mol. The number of piperazine rings is 1. The van der Waals surface area contributed by atoms with Gasteiger partial charge in [0.25, 0.3) is 0 Å². The fourth-order valence-corrected chi connectivity index (χ4v) is 6.45. The van der Waals surface area contributed by atoms with Gasteiger partial charge in [0.05, 0.1) is 18.7 Å². The highest BCUT2D eigenvalue weighted by Crippen LogP contribution is 2.34. The van der Waals surface area contributed by atoms with E-state index in [0.29, 0.717) is 5.56 Å². The van der Waals surface area contributed by atoms with Gasteiger partial charge < -0.3 is 25.5 Å². The highest BCUT2D eigenvalue weighted by molar-refractivity contribution is 5.91. The van der Waals surface area contributed by atoms with E-state index in [4.69, 9.17) is 0 Å². The summed E-state index contributed by atoms with van der Waals surface area (Å²) in [6.45, 7) is 0.416. The van der Waals surface area contributed by atoms with Crippen molar-refractivity contribution in [2.24, 2.45) is 0 Å². The van der Waals surface area contributed by atoms with Gasteiger partial charge in [-0.25, -0.2) is 14.8 Å². The second kappa shape index (κ2) is 12.0. The van der Waals surface area contributed by atoms with Crippen LogP contribution in [0.25, 0.3) is 0 Å². The molecule has 0 radical (unpaired) electrons. The zero-order chi connectivity index (χ0) is 31.9. The Morgan fingerprint density at radius 3 is 2.51 bits per heavy atom. The molecule has 1 unspecified atom stereocenters. The van der Waals surface area contributed by atoms with E-state index in [1.807, 2.05) is 18.2 Å². The summed E-state index contributed by atoms with van der Waals surface area (Å²) < 4.78 is 40.8. The van der Waals surface area contributed by atoms with Crippen molar-refractivity contribution in [3.63, 3.8) is 0 Å². The molecule has 3 aliphatic heterocycles. The highest BCUT2D eigenvalue weighted by Gasteiger charge is 2.50. The average molecular weight is 623 g/mol. The molecule has 45 heavy (non-hydrogen) atoms. The number of carbonyl (C=O) groups is 3. The lowest BCUT2D eigenvalue weighted by Crippen LogP contribution is -2.76. The van der Waals surface area contributed by atoms with Crippen LogP contribution >= 0.6 is 0 Å². The maximum absolute atomic E-state index is 14.1. The lowest BCUT2D eigenvalue weighted by atomic mass is 9.98. The molecule has 2 fully saturated rings. The van der Waals surface area contributed by atoms with Gasteiger partial charge in [0.15, 0.2) is 0 Å². The number of alkyl halides is 3. The van der Waals surface area contributed by atoms with Crippen LogP contribution in [0.15, 0.2) is 66.7 Å². The highest BCUT2D eigenvalue weighted by atomic mass is 19.4. The lowest BCUT2D eigenvalue weighted by molar-refractivity contribution is -0.187. The van der Waals surface area contributed by atoms with Crippen molar-refractivity contribution in [1.29, 1.82) is 0 Å². The molecule has 3 aromatic carbocycles. The van der Waals surface area contributed by atoms with Crippen molar-refractivity contribution in [1.82, 2.24) is 25.1 Å². The number of aromatic hydroxyl groups is 1. The second-order valence-electron chi connectivity index (χ2n) is 11.5. The van der Waals surface area contributed by atoms with Crippen LogP contribution in [0, 0.1) is 0 Å². The van der Waals surface area contributed by atoms with Crippen LogP contribution in [0.5, 0.6) is 5.75 Å². The summed E-state index contributed by atoms with van der Waals surface area (Å²) in [7, 11) is 1.56. The van der Waals surface area contributed by atoms with Gasteiger partial charge in [0, 0.05) is 38.8 Å². The number of phenolic OH excluding ortho intramolecular Hbond substituents is 1. The molecule has 13 heteroatoms. The summed E-state index contributed by atoms with van der Waals surface area (Å²) in [5.74, 6) is -0.579. The van der Waals surface area contributed by atoms with Gasteiger partial charge in [-0.3, -0.25) is 9.59 Å². The number of urea groups is 1. The summed E-state index contributed by atoms with van der Waals surface area (Å²) in [4.78, 5) is 44.4. The van der Waals surface area contributed by atoms with E-state index in [-0.39, 0.29) is 55.7 Å². The predicted octanol–water partition coefficient (Wildman–Crippen LogP) is 3.56. The number of amides is 4. The largest absolute Gasteiger partial charge is 0.508 e. The van der Waals surface area contributed by atoms with Crippen molar-refractivity contribution in [2.45, 2.75) is 44.3 Å². The Hall–Kier alpha value is -4.78. The van der Waals surface area contributed by atoms with Gasteiger partial charge in [-0.05, 0) is 46.9 Å². The van der Waals surface area contributed by atoms with Crippen LogP contribution in [0.2, 0.25) is 0 Å². The molecule has 6 rings (SSSR count). The number of fused-ring (bicyclic) bond motifs is 2. The van der Waals surface area contributed by atoms with Crippen molar-refractivity contribution in [2.75, 3.05) is 32.0 Å². The number of para-hydroxylation sites is 1. The Labute approximate surface area is 258 Å². The lowest BCUT2D eigenvalue weighted by Gasteiger charge is -2.54. The van der Waals surface area contributed by atoms with Crippen molar-refractivity contribution >= 4 is 23.5 Å². The Morgan fingerprint density at radius 2 is 1.76 bits per heavy atom. The molecular weight excluding hydrogens is 589 g/mol. The average Bonchev–Trinajstić information content (AvgIpc) is 3.49. The number of rotatable bonds is 6. The van der Waals surface area contributed by atoms with Gasteiger partial charge in [-0.15, -0.1) is 0 Å². The smallest absolute Gasteiger partial charge is 0.416 e. The number of phenols is 1. The Bertz CT molecular complexity index is 1620. The fourth-order valence-electron chi connectivity index (χ4n) is 6.45. The zero-order valence-electron chi connectivity index (χ0n) is 24.6. The normalized spacial score (nSPS) is 20.1. The SMILES string of the molecule is CN1CC(=O)N2C(CN(Cc3cccc4c3NCC4)C(=O)[C@@H]2Cc2ccc(O)cc2)N1C(=O)NCc1ccccc1C(F)(F)F. The first-order valence-electron chi connectivity index (χ1n) is 14.7. The number of hydrogen-bond donors (Lipinski definition) is 3. The first kappa shape index (κ1) is 30.3. The molecule has 3 heterocycles. The Balaban J connectivity index is 1.32. The summed E-state index contributed by atoms with van der Waals surface area (Å²) >= 11 is 0. The van der Waals surface area contributed by atoms with Crippen molar-refractivity contribution in [3.05, 3.63) is 94.5 Å². The zero-order valence-corrected chi connectivity index (χ0v) is 24.6. The molecule has 3 aromatic rings. The number of halogens is 3. The molecule has 0 aliphatic carbocycles. The van der Waals surface area contributed by atoms with E-state index < -0.39 is 30.0 Å². The molecular formula is C32H33F3N6O4. The van der Waals surface area contributed by atoms with Crippen LogP contribution in [-0.2, 0) is 41.7 Å². The molecule has 2 atom stereocenters. The minimum absolute atomic E-state index is 0.00276. The predicted molar refractivity (Wildman–Crippen MR) is 158 cm³/mol. The Morgan fingerprint density at radius 1 is 1.02 bits per heavy atom. The maximum Gasteiger partial charge on any atom is 0.416 e. The third-order valence-corrected chi connectivity index (χ3v) is 8.56. The summed E-state index contributed by atoms with van der Waals surface area (Å²) in [6, 6.07) is 15.6. The number of hydrogen-bond acceptors (Lipinski definition) is 6. The van der Waals surface area contributed by atoms with Crippen molar-refractivity contribution in [3.8, 4) is 5.75 Å². The van der Waals surface area contributed by atoms with E-state index >= 15 is 0 Å². The minimum atomic E-state index is -4.59. The molecule has 236 valence electrons. The van der Waals surface area contributed by atoms with Crippen LogP contribution in [0.1, 0.15) is 27.8 Å². The summed E-state index contributed by atoms with van der Waals surface area (Å²) in [6.07, 6.45) is -4.51. The fraction of sp³-hybridized carbons (Fsp3) is 0.344. The summed E-state index contributed by atoms with van der Waals surface area (Å²) in [5, 5.41) is 18.5. The van der Waals surface area contributed by atoms with E-state index in [2.05, 4.69) is 10.6 Å². The first-order chi connectivity index (χ1) is 21.5. The minimum Gasteiger partial charge on any atom is -0.508 e. The molecule has 4 amide bonds. The topological polar surface area (TPSA) is 108 Å².